The number of ketones is 2. The van der Waals surface area contributed by atoms with Crippen molar-refractivity contribution in [2.45, 2.75) is 31.6 Å². The number of rotatable bonds is 5. The molecule has 4 rings (SSSR count). The third-order valence-corrected chi connectivity index (χ3v) is 7.49. The van der Waals surface area contributed by atoms with Gasteiger partial charge >= 0.3 is 0 Å². The van der Waals surface area contributed by atoms with Crippen LogP contribution in [0.15, 0.2) is 78.9 Å². The van der Waals surface area contributed by atoms with Gasteiger partial charge in [-0.1, -0.05) is 90.0 Å². The first kappa shape index (κ1) is 21.5. The van der Waals surface area contributed by atoms with E-state index in [1.54, 1.807) is 36.0 Å². The van der Waals surface area contributed by atoms with Crippen molar-refractivity contribution in [3.63, 3.8) is 0 Å². The van der Waals surface area contributed by atoms with Gasteiger partial charge in [0, 0.05) is 22.1 Å². The van der Waals surface area contributed by atoms with Crippen molar-refractivity contribution >= 4 is 23.3 Å². The third-order valence-electron chi connectivity index (χ3n) is 6.14. The molecule has 0 aromatic heterocycles. The van der Waals surface area contributed by atoms with E-state index in [2.05, 4.69) is 0 Å². The van der Waals surface area contributed by atoms with Crippen molar-refractivity contribution in [3.05, 3.63) is 107 Å². The monoisotopic (exact) mass is 430 g/mol. The van der Waals surface area contributed by atoms with Crippen LogP contribution in [0, 0.1) is 19.3 Å². The maximum Gasteiger partial charge on any atom is 0.179 e. The molecule has 3 aromatic rings. The van der Waals surface area contributed by atoms with E-state index in [1.165, 1.54) is 0 Å². The summed E-state index contributed by atoms with van der Waals surface area (Å²) in [6.45, 7) is 3.91. The lowest BCUT2D eigenvalue weighted by molar-refractivity contribution is 0.0267. The molecule has 0 aliphatic carbocycles. The van der Waals surface area contributed by atoms with E-state index in [0.717, 1.165) is 16.7 Å². The van der Waals surface area contributed by atoms with E-state index in [1.807, 2.05) is 68.4 Å². The Balaban J connectivity index is 1.82. The van der Waals surface area contributed by atoms with Gasteiger partial charge in [0.15, 0.2) is 11.6 Å². The van der Waals surface area contributed by atoms with Gasteiger partial charge in [0.1, 0.15) is 5.41 Å². The summed E-state index contributed by atoms with van der Waals surface area (Å²) in [7, 11) is 0. The lowest BCUT2D eigenvalue weighted by Gasteiger charge is -2.42. The average molecular weight is 431 g/mol. The number of aryl methyl sites for hydroxylation is 2. The predicted molar refractivity (Wildman–Crippen MR) is 126 cm³/mol. The summed E-state index contributed by atoms with van der Waals surface area (Å²) in [5.74, 6) is -0.270. The third kappa shape index (κ3) is 4.10. The number of aliphatic hydroxyl groups is 1. The molecule has 1 aliphatic rings. The zero-order valence-corrected chi connectivity index (χ0v) is 18.6. The molecule has 0 spiro atoms. The maximum atomic E-state index is 13.9. The SMILES string of the molecule is Cc1ccc(C(=O)C2(C(=O)c3ccc(C)cc3)C[C@H](c3ccccc3)SC[C@@H]2O)cc1. The first-order valence-electron chi connectivity index (χ1n) is 10.5. The lowest BCUT2D eigenvalue weighted by atomic mass is 9.67. The molecule has 1 saturated heterocycles. The molecule has 0 bridgehead atoms. The highest BCUT2D eigenvalue weighted by Crippen LogP contribution is 2.50. The highest BCUT2D eigenvalue weighted by atomic mass is 32.2. The van der Waals surface area contributed by atoms with Crippen LogP contribution in [0.25, 0.3) is 0 Å². The van der Waals surface area contributed by atoms with Crippen LogP contribution in [0.3, 0.4) is 0 Å². The minimum Gasteiger partial charge on any atom is -0.391 e. The van der Waals surface area contributed by atoms with Gasteiger partial charge in [-0.25, -0.2) is 0 Å². The molecule has 0 saturated carbocycles. The number of carbonyl (C=O) groups is 2. The van der Waals surface area contributed by atoms with Gasteiger partial charge in [-0.3, -0.25) is 9.59 Å². The molecule has 0 amide bonds. The van der Waals surface area contributed by atoms with E-state index in [9.17, 15) is 14.7 Å². The largest absolute Gasteiger partial charge is 0.391 e. The minimum absolute atomic E-state index is 0.0478. The number of hydrogen-bond donors (Lipinski definition) is 1. The van der Waals surface area contributed by atoms with Gasteiger partial charge in [-0.05, 0) is 25.8 Å². The Kier molecular flexibility index (Phi) is 6.12. The van der Waals surface area contributed by atoms with Crippen LogP contribution < -0.4 is 0 Å². The van der Waals surface area contributed by atoms with Crippen LogP contribution >= 0.6 is 11.8 Å². The summed E-state index contributed by atoms with van der Waals surface area (Å²) in [4.78, 5) is 27.8. The molecule has 3 aromatic carbocycles. The quantitative estimate of drug-likeness (QED) is 0.423. The molecule has 4 heteroatoms. The van der Waals surface area contributed by atoms with Gasteiger partial charge in [0.25, 0.3) is 0 Å². The Hall–Kier alpha value is -2.69. The first-order valence-corrected chi connectivity index (χ1v) is 11.5. The number of carbonyl (C=O) groups excluding carboxylic acids is 2. The number of aliphatic hydroxyl groups excluding tert-OH is 1. The summed E-state index contributed by atoms with van der Waals surface area (Å²) in [5.41, 5.74) is 2.55. The summed E-state index contributed by atoms with van der Waals surface area (Å²) < 4.78 is 0. The molecule has 3 nitrogen and oxygen atoms in total. The molecule has 1 aliphatic heterocycles. The van der Waals surface area contributed by atoms with E-state index >= 15 is 0 Å². The molecule has 158 valence electrons. The molecule has 31 heavy (non-hydrogen) atoms. The smallest absolute Gasteiger partial charge is 0.179 e. The molecule has 2 atom stereocenters. The predicted octanol–water partition coefficient (Wildman–Crippen LogP) is 5.59. The Bertz CT molecular complexity index is 1010. The highest BCUT2D eigenvalue weighted by Gasteiger charge is 2.55. The molecule has 0 unspecified atom stereocenters. The van der Waals surface area contributed by atoms with Crippen LogP contribution in [-0.4, -0.2) is 28.5 Å². The fourth-order valence-corrected chi connectivity index (χ4v) is 5.66. The van der Waals surface area contributed by atoms with E-state index in [4.69, 9.17) is 0 Å². The molecule has 1 heterocycles. The molecular weight excluding hydrogens is 404 g/mol. The van der Waals surface area contributed by atoms with Crippen LogP contribution in [0.2, 0.25) is 0 Å². The van der Waals surface area contributed by atoms with Gasteiger partial charge in [0.05, 0.1) is 6.10 Å². The van der Waals surface area contributed by atoms with Gasteiger partial charge in [0.2, 0.25) is 0 Å². The van der Waals surface area contributed by atoms with Crippen molar-refractivity contribution < 1.29 is 14.7 Å². The zero-order valence-electron chi connectivity index (χ0n) is 17.7. The van der Waals surface area contributed by atoms with Crippen molar-refractivity contribution in [2.24, 2.45) is 5.41 Å². The minimum atomic E-state index is -1.52. The molecule has 0 radical (unpaired) electrons. The molecule has 1 fully saturated rings. The Morgan fingerprint density at radius 3 is 1.77 bits per heavy atom. The van der Waals surface area contributed by atoms with E-state index in [0.29, 0.717) is 16.9 Å². The normalized spacial score (nSPS) is 20.2. The second kappa shape index (κ2) is 8.81. The number of Topliss-reactive ketones (excluding diaryl/α,β-unsaturated/α-hetero) is 2. The second-order valence-electron chi connectivity index (χ2n) is 8.31. The van der Waals surface area contributed by atoms with Crippen LogP contribution in [0.4, 0.5) is 0 Å². The number of benzene rings is 3. The number of hydrogen-bond acceptors (Lipinski definition) is 4. The van der Waals surface area contributed by atoms with Crippen molar-refractivity contribution in [1.29, 1.82) is 0 Å². The first-order chi connectivity index (χ1) is 14.9. The van der Waals surface area contributed by atoms with E-state index < -0.39 is 11.5 Å². The van der Waals surface area contributed by atoms with Crippen LogP contribution in [0.5, 0.6) is 0 Å². The summed E-state index contributed by atoms with van der Waals surface area (Å²) in [6, 6.07) is 24.4. The summed E-state index contributed by atoms with van der Waals surface area (Å²) in [6.07, 6.45) is -0.789. The second-order valence-corrected chi connectivity index (χ2v) is 9.55. The van der Waals surface area contributed by atoms with Crippen LogP contribution in [0.1, 0.15) is 49.1 Å². The van der Waals surface area contributed by atoms with Gasteiger partial charge in [-0.15, -0.1) is 0 Å². The molecule has 1 N–H and O–H groups in total. The van der Waals surface area contributed by atoms with E-state index in [-0.39, 0.29) is 23.2 Å². The molecular formula is C27H26O3S. The fourth-order valence-electron chi connectivity index (χ4n) is 4.23. The fraction of sp³-hybridized carbons (Fsp3) is 0.259. The topological polar surface area (TPSA) is 54.4 Å². The zero-order chi connectivity index (χ0) is 22.0. The van der Waals surface area contributed by atoms with Crippen molar-refractivity contribution in [2.75, 3.05) is 5.75 Å². The summed E-state index contributed by atoms with van der Waals surface area (Å²) >= 11 is 1.60. The average Bonchev–Trinajstić information content (AvgIpc) is 2.80. The summed E-state index contributed by atoms with van der Waals surface area (Å²) in [5, 5.41) is 11.1. The van der Waals surface area contributed by atoms with Crippen molar-refractivity contribution in [3.8, 4) is 0 Å². The van der Waals surface area contributed by atoms with Gasteiger partial charge in [-0.2, -0.15) is 11.8 Å². The van der Waals surface area contributed by atoms with Crippen molar-refractivity contribution in [1.82, 2.24) is 0 Å². The number of thioether (sulfide) groups is 1. The Labute approximate surface area is 187 Å². The Morgan fingerprint density at radius 2 is 1.29 bits per heavy atom. The lowest BCUT2D eigenvalue weighted by Crippen LogP contribution is -2.53. The highest BCUT2D eigenvalue weighted by molar-refractivity contribution is 7.99. The van der Waals surface area contributed by atoms with Gasteiger partial charge < -0.3 is 5.11 Å². The standard InChI is InChI=1S/C27H26O3S/c1-18-8-12-21(13-9-18)25(29)27(26(30)22-14-10-19(2)11-15-22)16-23(31-17-24(27)28)20-6-4-3-5-7-20/h3-15,23-24,28H,16-17H2,1-2H3/t23-,24+/m1/s1. The van der Waals surface area contributed by atoms with Crippen LogP contribution in [-0.2, 0) is 0 Å². The Morgan fingerprint density at radius 1 is 0.806 bits per heavy atom. The maximum absolute atomic E-state index is 13.9.